The fourth-order valence-electron chi connectivity index (χ4n) is 9.46. The Morgan fingerprint density at radius 2 is 1.41 bits per heavy atom. The van der Waals surface area contributed by atoms with Crippen molar-refractivity contribution in [3.8, 4) is 0 Å². The molecule has 5 rings (SSSR count). The van der Waals surface area contributed by atoms with E-state index in [-0.39, 0.29) is 55.9 Å². The molecule has 0 spiro atoms. The van der Waals surface area contributed by atoms with Gasteiger partial charge >= 0.3 is 12.0 Å². The Morgan fingerprint density at radius 1 is 0.781 bits per heavy atom. The lowest BCUT2D eigenvalue weighted by Gasteiger charge is -2.51. The highest BCUT2D eigenvalue weighted by Crippen LogP contribution is 2.39. The minimum absolute atomic E-state index is 0.0245. The maximum absolute atomic E-state index is 12.9. The lowest BCUT2D eigenvalue weighted by molar-refractivity contribution is -0.382. The number of aliphatic hydroxyl groups is 9. The van der Waals surface area contributed by atoms with Crippen LogP contribution in [0.1, 0.15) is 78.1 Å². The van der Waals surface area contributed by atoms with E-state index in [0.717, 1.165) is 38.9 Å². The van der Waals surface area contributed by atoms with E-state index in [2.05, 4.69) is 31.9 Å². The maximum Gasteiger partial charge on any atom is 0.364 e. The minimum Gasteiger partial charge on any atom is -0.477 e. The number of thioether (sulfide) groups is 1. The van der Waals surface area contributed by atoms with E-state index < -0.39 is 142 Å². The van der Waals surface area contributed by atoms with Crippen molar-refractivity contribution in [3.63, 3.8) is 0 Å². The van der Waals surface area contributed by atoms with Crippen LogP contribution in [0.15, 0.2) is 0 Å². The molecule has 73 heavy (non-hydrogen) atoms. The molecular weight excluding hydrogens is 997 g/mol. The summed E-state index contributed by atoms with van der Waals surface area (Å²) >= 11 is 1.84. The number of unbranched alkanes of at least 4 members (excludes halogenated alkanes) is 3. The quantitative estimate of drug-likeness (QED) is 0.0256. The average molecular weight is 1070 g/mol. The smallest absolute Gasteiger partial charge is 0.364 e. The van der Waals surface area contributed by atoms with E-state index in [9.17, 15) is 79.8 Å². The van der Waals surface area contributed by atoms with Crippen molar-refractivity contribution in [2.24, 2.45) is 0 Å². The summed E-state index contributed by atoms with van der Waals surface area (Å²) in [5, 5.41) is 124. The number of fused-ring (bicyclic) bond motifs is 1. The van der Waals surface area contributed by atoms with Crippen LogP contribution in [0.3, 0.4) is 0 Å². The van der Waals surface area contributed by atoms with Gasteiger partial charge in [0.15, 0.2) is 12.6 Å². The molecule has 19 atom stereocenters. The minimum atomic E-state index is -3.08. The number of hydrogen-bond donors (Lipinski definition) is 16. The molecule has 5 fully saturated rings. The van der Waals surface area contributed by atoms with E-state index in [0.29, 0.717) is 37.5 Å². The Balaban J connectivity index is 1.08. The first kappa shape index (κ1) is 60.2. The van der Waals surface area contributed by atoms with Gasteiger partial charge in [0.1, 0.15) is 67.1 Å². The van der Waals surface area contributed by atoms with Crippen molar-refractivity contribution in [2.45, 2.75) is 193 Å². The predicted octanol–water partition coefficient (Wildman–Crippen LogP) is -6.15. The number of amides is 6. The Morgan fingerprint density at radius 3 is 2.04 bits per heavy atom. The van der Waals surface area contributed by atoms with Gasteiger partial charge in [-0.15, -0.1) is 0 Å². The number of urea groups is 1. The van der Waals surface area contributed by atoms with Crippen LogP contribution < -0.4 is 31.9 Å². The molecule has 0 aromatic heterocycles. The monoisotopic (exact) mass is 1070 g/mol. The first-order valence-corrected chi connectivity index (χ1v) is 25.6. The van der Waals surface area contributed by atoms with Gasteiger partial charge in [-0.1, -0.05) is 12.8 Å². The molecule has 28 nitrogen and oxygen atoms in total. The molecule has 5 aliphatic rings. The second-order valence-electron chi connectivity index (χ2n) is 18.8. The maximum atomic E-state index is 12.9. The molecular formula is C44H74N6O22S. The third-order valence-electron chi connectivity index (χ3n) is 13.3. The Kier molecular flexibility index (Phi) is 23.5. The summed E-state index contributed by atoms with van der Waals surface area (Å²) in [6.45, 7) is -0.158. The molecule has 16 N–H and O–H groups in total. The van der Waals surface area contributed by atoms with Crippen LogP contribution in [-0.4, -0.2) is 247 Å². The van der Waals surface area contributed by atoms with Gasteiger partial charge in [-0.2, -0.15) is 11.8 Å². The molecule has 29 heteroatoms. The molecule has 5 saturated heterocycles. The highest BCUT2D eigenvalue weighted by atomic mass is 32.2. The number of aliphatic hydroxyl groups excluding tert-OH is 9. The summed E-state index contributed by atoms with van der Waals surface area (Å²) in [5.41, 5.74) is 0. The zero-order chi connectivity index (χ0) is 53.6. The average Bonchev–Trinajstić information content (AvgIpc) is 3.91. The summed E-state index contributed by atoms with van der Waals surface area (Å²) in [5.74, 6) is -5.83. The van der Waals surface area contributed by atoms with Crippen LogP contribution >= 0.6 is 11.8 Å². The molecule has 0 bridgehead atoms. The zero-order valence-corrected chi connectivity index (χ0v) is 41.5. The van der Waals surface area contributed by atoms with Crippen LogP contribution in [0.25, 0.3) is 0 Å². The lowest BCUT2D eigenvalue weighted by atomic mass is 9.88. The van der Waals surface area contributed by atoms with Gasteiger partial charge in [0.05, 0.1) is 50.7 Å². The molecule has 0 aromatic carbocycles. The molecule has 9 unspecified atom stereocenters. The van der Waals surface area contributed by atoms with Crippen molar-refractivity contribution >= 4 is 47.4 Å². The molecule has 0 aromatic rings. The Labute approximate surface area is 424 Å². The number of rotatable bonds is 28. The van der Waals surface area contributed by atoms with Crippen LogP contribution in [0.5, 0.6) is 0 Å². The van der Waals surface area contributed by atoms with Gasteiger partial charge in [0, 0.05) is 57.2 Å². The first-order chi connectivity index (χ1) is 34.7. The van der Waals surface area contributed by atoms with E-state index in [1.54, 1.807) is 0 Å². The van der Waals surface area contributed by atoms with Crippen LogP contribution in [0, 0.1) is 0 Å². The third kappa shape index (κ3) is 16.2. The highest BCUT2D eigenvalue weighted by molar-refractivity contribution is 8.00. The number of nitrogens with one attached hydrogen (secondary N) is 6. The van der Waals surface area contributed by atoms with Gasteiger partial charge < -0.3 is 111 Å². The summed E-state index contributed by atoms with van der Waals surface area (Å²) in [7, 11) is 0. The second-order valence-corrected chi connectivity index (χ2v) is 20.1. The molecule has 0 aliphatic carbocycles. The molecule has 0 saturated carbocycles. The standard InChI is InChI=1S/C44H74N6O22S/c1-20(54)47-31-23(56)15-44(42(64)65,71-38(31)33(60)24(57)16-51)72-39-34(61)25(17-52)68-41(36(39)63)70-37-26(18-53)69-40(32(35(37)62)48-21(2)55)67-14-8-13-46-28(58)10-4-3-7-12-45-29(59)11-6-5-9-27-30-22(19-73-27)49-43(66)50-30/h22-27,30-41,51-53,56-57,60-63H,3-19H2,1-2H3,(H,45,59)(H,46,58)(H,47,54)(H,48,55)(H,64,65)(H2,49,50,66)/t22?,23?,24-,25?,26?,27?,30+,31-,32?,33-,34+,35-,36?,37-,38?,39+,40?,41+,44+/m1/s1. The van der Waals surface area contributed by atoms with Gasteiger partial charge in [-0.25, -0.2) is 9.59 Å². The number of carboxylic acids is 1. The van der Waals surface area contributed by atoms with Crippen molar-refractivity contribution in [1.82, 2.24) is 31.9 Å². The molecule has 6 amide bonds. The third-order valence-corrected chi connectivity index (χ3v) is 14.8. The van der Waals surface area contributed by atoms with E-state index in [1.807, 2.05) is 11.8 Å². The normalized spacial score (nSPS) is 36.0. The van der Waals surface area contributed by atoms with Crippen LogP contribution in [0.4, 0.5) is 4.79 Å². The van der Waals surface area contributed by atoms with Crippen molar-refractivity contribution < 1.29 is 108 Å². The number of aliphatic carboxylic acids is 1. The van der Waals surface area contributed by atoms with E-state index in [4.69, 9.17) is 28.4 Å². The lowest BCUT2D eigenvalue weighted by Crippen LogP contribution is -2.71. The number of ether oxygens (including phenoxy) is 6. The van der Waals surface area contributed by atoms with Crippen LogP contribution in [-0.2, 0) is 52.4 Å². The van der Waals surface area contributed by atoms with Crippen molar-refractivity contribution in [2.75, 3.05) is 45.3 Å². The molecule has 418 valence electrons. The fraction of sp³-hybridized carbons (Fsp3) is 0.864. The molecule has 5 aliphatic heterocycles. The topological polar surface area (TPSA) is 432 Å². The van der Waals surface area contributed by atoms with Gasteiger partial charge in [-0.05, 0) is 32.1 Å². The second kappa shape index (κ2) is 28.5. The fourth-order valence-corrected chi connectivity index (χ4v) is 11.0. The number of carbonyl (C=O) groups is 6. The summed E-state index contributed by atoms with van der Waals surface area (Å²) in [6, 6.07) is -2.78. The number of hydrogen-bond acceptors (Lipinski definition) is 22. The number of carbonyl (C=O) groups excluding carboxylic acids is 5. The summed E-state index contributed by atoms with van der Waals surface area (Å²) in [4.78, 5) is 73.5. The number of carboxylic acid groups (broad SMARTS) is 1. The van der Waals surface area contributed by atoms with E-state index in [1.165, 1.54) is 0 Å². The summed E-state index contributed by atoms with van der Waals surface area (Å²) in [6.07, 6.45) is -20.1. The van der Waals surface area contributed by atoms with E-state index >= 15 is 0 Å². The van der Waals surface area contributed by atoms with Crippen LogP contribution in [0.2, 0.25) is 0 Å². The largest absolute Gasteiger partial charge is 0.477 e. The van der Waals surface area contributed by atoms with Crippen molar-refractivity contribution in [3.05, 3.63) is 0 Å². The first-order valence-electron chi connectivity index (χ1n) is 24.6. The Hall–Kier alpha value is -3.63. The molecule has 0 radical (unpaired) electrons. The van der Waals surface area contributed by atoms with Gasteiger partial charge in [0.2, 0.25) is 23.6 Å². The van der Waals surface area contributed by atoms with Crippen molar-refractivity contribution in [1.29, 1.82) is 0 Å². The Bertz CT molecular complexity index is 1830. The van der Waals surface area contributed by atoms with Gasteiger partial charge in [-0.3, -0.25) is 19.2 Å². The highest BCUT2D eigenvalue weighted by Gasteiger charge is 2.60. The summed E-state index contributed by atoms with van der Waals surface area (Å²) < 4.78 is 34.5. The SMILES string of the molecule is CC(=O)NC1C(OCCCNC(=O)CCCCCNC(=O)CCCCC2SCC3NC(=O)N[C@@H]32)OC(CO)[C@@H](O[C@@H]2OC(CO)[C@H](O)[C@H](O[C@]3(C(=O)O)CC(O)[C@@H](NC(C)=O)C([C@H](O)[C@H](O)CO)O3)C2O)[C@@H]1O. The predicted molar refractivity (Wildman–Crippen MR) is 248 cm³/mol. The zero-order valence-electron chi connectivity index (χ0n) is 40.7. The van der Waals surface area contributed by atoms with Gasteiger partial charge in [0.25, 0.3) is 5.79 Å². The molecule has 5 heterocycles.